The summed E-state index contributed by atoms with van der Waals surface area (Å²) in [7, 11) is 0. The molecule has 1 atom stereocenters. The van der Waals surface area contributed by atoms with Gasteiger partial charge in [-0.25, -0.2) is 0 Å². The van der Waals surface area contributed by atoms with Crippen LogP contribution in [0.1, 0.15) is 25.8 Å². The zero-order valence-corrected chi connectivity index (χ0v) is 14.9. The number of hydrogen-bond acceptors (Lipinski definition) is 4. The van der Waals surface area contributed by atoms with Crippen LogP contribution in [0.5, 0.6) is 5.75 Å². The smallest absolute Gasteiger partial charge is 0.250 e. The molecular weight excluding hydrogens is 324 g/mol. The van der Waals surface area contributed by atoms with Crippen LogP contribution in [-0.4, -0.2) is 46.0 Å². The molecular formula is C18H24N2O3S. The van der Waals surface area contributed by atoms with E-state index in [1.807, 2.05) is 25.1 Å². The minimum atomic E-state index is -0.400. The lowest BCUT2D eigenvalue weighted by Gasteiger charge is -2.23. The molecule has 1 aliphatic heterocycles. The van der Waals surface area contributed by atoms with E-state index in [2.05, 4.69) is 5.32 Å². The van der Waals surface area contributed by atoms with E-state index in [-0.39, 0.29) is 17.6 Å². The molecule has 1 saturated heterocycles. The molecule has 5 nitrogen and oxygen atoms in total. The van der Waals surface area contributed by atoms with Gasteiger partial charge in [0.15, 0.2) is 0 Å². The van der Waals surface area contributed by atoms with Gasteiger partial charge in [0.05, 0.1) is 5.88 Å². The first-order valence-corrected chi connectivity index (χ1v) is 9.29. The van der Waals surface area contributed by atoms with E-state index in [9.17, 15) is 14.7 Å². The molecule has 1 heterocycles. The number of phenols is 1. The number of benzene rings is 1. The lowest BCUT2D eigenvalue weighted by atomic mass is 10.1. The number of carbonyl (C=O) groups excluding carboxylic acids is 2. The maximum atomic E-state index is 12.4. The molecule has 2 amide bonds. The highest BCUT2D eigenvalue weighted by Gasteiger charge is 2.34. The first kappa shape index (κ1) is 18.4. The second-order valence-corrected chi connectivity index (χ2v) is 6.79. The molecule has 2 N–H and O–H groups in total. The van der Waals surface area contributed by atoms with Crippen LogP contribution in [0.3, 0.4) is 0 Å². The van der Waals surface area contributed by atoms with Crippen LogP contribution in [0.4, 0.5) is 0 Å². The topological polar surface area (TPSA) is 69.6 Å². The average Bonchev–Trinajstić information content (AvgIpc) is 3.05. The molecule has 0 aliphatic carbocycles. The molecule has 0 bridgehead atoms. The van der Waals surface area contributed by atoms with Gasteiger partial charge in [-0.1, -0.05) is 25.1 Å². The molecule has 130 valence electrons. The number of phenolic OH excluding ortho intramolecular Hbond substituents is 1. The Morgan fingerprint density at radius 2 is 2.08 bits per heavy atom. The number of thioether (sulfide) groups is 1. The zero-order chi connectivity index (χ0) is 17.5. The summed E-state index contributed by atoms with van der Waals surface area (Å²) in [5, 5.41) is 12.2. The summed E-state index contributed by atoms with van der Waals surface area (Å²) in [6, 6.07) is 6.54. The van der Waals surface area contributed by atoms with Crippen LogP contribution in [0.25, 0.3) is 0 Å². The van der Waals surface area contributed by atoms with Gasteiger partial charge in [-0.2, -0.15) is 0 Å². The van der Waals surface area contributed by atoms with E-state index < -0.39 is 6.04 Å². The second-order valence-electron chi connectivity index (χ2n) is 5.79. The van der Waals surface area contributed by atoms with Crippen molar-refractivity contribution in [2.24, 2.45) is 0 Å². The number of rotatable bonds is 6. The van der Waals surface area contributed by atoms with Crippen molar-refractivity contribution in [1.82, 2.24) is 10.2 Å². The van der Waals surface area contributed by atoms with Crippen molar-refractivity contribution in [2.75, 3.05) is 18.2 Å². The normalized spacial score (nSPS) is 17.8. The van der Waals surface area contributed by atoms with Crippen LogP contribution in [-0.2, 0) is 16.0 Å². The number of carbonyl (C=O) groups is 2. The van der Waals surface area contributed by atoms with Gasteiger partial charge >= 0.3 is 0 Å². The highest BCUT2D eigenvalue weighted by Crippen LogP contribution is 2.23. The second kappa shape index (κ2) is 8.78. The first-order valence-electron chi connectivity index (χ1n) is 8.14. The van der Waals surface area contributed by atoms with Gasteiger partial charge in [0.25, 0.3) is 5.91 Å². The molecule has 2 rings (SSSR count). The molecule has 1 aromatic rings. The van der Waals surface area contributed by atoms with Crippen LogP contribution in [0, 0.1) is 0 Å². The lowest BCUT2D eigenvalue weighted by Crippen LogP contribution is -2.47. The van der Waals surface area contributed by atoms with Gasteiger partial charge in [0.2, 0.25) is 5.91 Å². The summed E-state index contributed by atoms with van der Waals surface area (Å²) < 4.78 is 0. The molecule has 1 fully saturated rings. The van der Waals surface area contributed by atoms with Gasteiger partial charge < -0.3 is 15.3 Å². The van der Waals surface area contributed by atoms with Crippen LogP contribution in [0.15, 0.2) is 35.9 Å². The summed E-state index contributed by atoms with van der Waals surface area (Å²) in [4.78, 5) is 26.5. The number of amides is 2. The number of nitrogens with one attached hydrogen (secondary N) is 1. The van der Waals surface area contributed by atoms with Crippen LogP contribution < -0.4 is 5.32 Å². The van der Waals surface area contributed by atoms with Crippen molar-refractivity contribution in [3.8, 4) is 5.75 Å². The van der Waals surface area contributed by atoms with Crippen molar-refractivity contribution in [3.05, 3.63) is 41.5 Å². The van der Waals surface area contributed by atoms with E-state index in [0.717, 1.165) is 12.0 Å². The standard InChI is InChI=1S/C18H24N2O3S/c1-3-4-13(2)18(23)20-12-24-11-16(20)17(22)19-10-9-14-5-7-15(21)8-6-14/h4-8,16,21H,3,9-12H2,1-2H3,(H,19,22)/b13-4+/t16-/m1/s1. The highest BCUT2D eigenvalue weighted by atomic mass is 32.2. The number of allylic oxidation sites excluding steroid dienone is 1. The zero-order valence-electron chi connectivity index (χ0n) is 14.1. The van der Waals surface area contributed by atoms with E-state index in [4.69, 9.17) is 0 Å². The Labute approximate surface area is 147 Å². The molecule has 0 aromatic heterocycles. The third kappa shape index (κ3) is 4.77. The predicted octanol–water partition coefficient (Wildman–Crippen LogP) is 2.31. The number of nitrogens with zero attached hydrogens (tertiary/aromatic N) is 1. The van der Waals surface area contributed by atoms with Gasteiger partial charge in [-0.3, -0.25) is 9.59 Å². The summed E-state index contributed by atoms with van der Waals surface area (Å²) in [6.07, 6.45) is 3.39. The minimum Gasteiger partial charge on any atom is -0.508 e. The Kier molecular flexibility index (Phi) is 6.73. The fourth-order valence-corrected chi connectivity index (χ4v) is 3.74. The van der Waals surface area contributed by atoms with Crippen molar-refractivity contribution in [1.29, 1.82) is 0 Å². The molecule has 0 saturated carbocycles. The number of hydrogen-bond donors (Lipinski definition) is 2. The molecule has 6 heteroatoms. The summed E-state index contributed by atoms with van der Waals surface area (Å²) in [6.45, 7) is 4.30. The van der Waals surface area contributed by atoms with E-state index in [1.165, 1.54) is 0 Å². The number of aromatic hydroxyl groups is 1. The fourth-order valence-electron chi connectivity index (χ4n) is 2.59. The van der Waals surface area contributed by atoms with Crippen molar-refractivity contribution in [3.63, 3.8) is 0 Å². The Morgan fingerprint density at radius 3 is 2.75 bits per heavy atom. The lowest BCUT2D eigenvalue weighted by molar-refractivity contribution is -0.135. The fraction of sp³-hybridized carbons (Fsp3) is 0.444. The van der Waals surface area contributed by atoms with Crippen LogP contribution >= 0.6 is 11.8 Å². The predicted molar refractivity (Wildman–Crippen MR) is 96.8 cm³/mol. The van der Waals surface area contributed by atoms with Gasteiger partial charge in [0, 0.05) is 17.9 Å². The monoisotopic (exact) mass is 348 g/mol. The molecule has 1 aromatic carbocycles. The van der Waals surface area contributed by atoms with E-state index in [1.54, 1.807) is 35.7 Å². The molecule has 0 radical (unpaired) electrons. The van der Waals surface area contributed by atoms with Gasteiger partial charge in [0.1, 0.15) is 11.8 Å². The maximum Gasteiger partial charge on any atom is 0.250 e. The largest absolute Gasteiger partial charge is 0.508 e. The molecule has 24 heavy (non-hydrogen) atoms. The van der Waals surface area contributed by atoms with Gasteiger partial charge in [-0.05, 0) is 37.5 Å². The van der Waals surface area contributed by atoms with Gasteiger partial charge in [-0.15, -0.1) is 11.8 Å². The highest BCUT2D eigenvalue weighted by molar-refractivity contribution is 7.99. The Morgan fingerprint density at radius 1 is 1.38 bits per heavy atom. The van der Waals surface area contributed by atoms with E-state index >= 15 is 0 Å². The quantitative estimate of drug-likeness (QED) is 0.774. The summed E-state index contributed by atoms with van der Waals surface area (Å²) in [5.41, 5.74) is 1.74. The molecule has 1 aliphatic rings. The third-order valence-corrected chi connectivity index (χ3v) is 4.95. The maximum absolute atomic E-state index is 12.4. The third-order valence-electron chi connectivity index (χ3n) is 3.94. The SMILES string of the molecule is CC/C=C(\C)C(=O)N1CSC[C@@H]1C(=O)NCCc1ccc(O)cc1. The van der Waals surface area contributed by atoms with Crippen molar-refractivity contribution in [2.45, 2.75) is 32.7 Å². The van der Waals surface area contributed by atoms with Crippen LogP contribution in [0.2, 0.25) is 0 Å². The summed E-state index contributed by atoms with van der Waals surface area (Å²) >= 11 is 1.60. The average molecular weight is 348 g/mol. The van der Waals surface area contributed by atoms with Crippen molar-refractivity contribution < 1.29 is 14.7 Å². The van der Waals surface area contributed by atoms with Crippen molar-refractivity contribution >= 4 is 23.6 Å². The van der Waals surface area contributed by atoms with E-state index in [0.29, 0.717) is 30.2 Å². The Bertz CT molecular complexity index is 613. The summed E-state index contributed by atoms with van der Waals surface area (Å²) in [5.74, 6) is 1.27. The Balaban J connectivity index is 1.87. The Hall–Kier alpha value is -1.95. The molecule has 0 unspecified atom stereocenters. The minimum absolute atomic E-state index is 0.0551. The molecule has 0 spiro atoms. The first-order chi connectivity index (χ1) is 11.5.